The third-order valence-electron chi connectivity index (χ3n) is 3.27. The Morgan fingerprint density at radius 3 is 2.84 bits per heavy atom. The molecule has 104 valence electrons. The summed E-state index contributed by atoms with van der Waals surface area (Å²) in [5, 5.41) is 15.1. The van der Waals surface area contributed by atoms with E-state index in [-0.39, 0.29) is 12.3 Å². The van der Waals surface area contributed by atoms with E-state index in [1.807, 2.05) is 0 Å². The molecule has 2 N–H and O–H groups in total. The van der Waals surface area contributed by atoms with Gasteiger partial charge in [0, 0.05) is 24.9 Å². The Bertz CT molecular complexity index is 467. The first-order valence-electron chi connectivity index (χ1n) is 6.66. The Kier molecular flexibility index (Phi) is 4.54. The maximum Gasteiger partial charge on any atom is 0.303 e. The highest BCUT2D eigenvalue weighted by Crippen LogP contribution is 2.23. The van der Waals surface area contributed by atoms with Crippen LogP contribution in [0.4, 0.5) is 0 Å². The monoisotopic (exact) mass is 266 g/mol. The van der Waals surface area contributed by atoms with Crippen LogP contribution in [-0.2, 0) is 17.6 Å². The first kappa shape index (κ1) is 13.6. The molecule has 1 amide bonds. The molecule has 0 unspecified atom stereocenters. The molecular formula is C13H18N2O4. The number of unbranched alkanes of at least 4 members (excludes halogenated alkanes) is 1. The zero-order valence-electron chi connectivity index (χ0n) is 10.8. The van der Waals surface area contributed by atoms with Crippen molar-refractivity contribution in [2.24, 2.45) is 0 Å². The predicted octanol–water partition coefficient (Wildman–Crippen LogP) is 1.54. The minimum Gasteiger partial charge on any atom is -0.481 e. The molecule has 1 aliphatic rings. The largest absolute Gasteiger partial charge is 0.481 e. The summed E-state index contributed by atoms with van der Waals surface area (Å²) in [5.74, 6) is -0.193. The van der Waals surface area contributed by atoms with E-state index >= 15 is 0 Å². The van der Waals surface area contributed by atoms with E-state index in [1.54, 1.807) is 0 Å². The summed E-state index contributed by atoms with van der Waals surface area (Å²) < 4.78 is 5.18. The number of nitrogens with one attached hydrogen (secondary N) is 1. The number of aromatic nitrogens is 1. The summed E-state index contributed by atoms with van der Waals surface area (Å²) in [6, 6.07) is 0. The van der Waals surface area contributed by atoms with Crippen molar-refractivity contribution in [2.75, 3.05) is 6.54 Å². The second kappa shape index (κ2) is 6.36. The Balaban J connectivity index is 1.80. The fourth-order valence-corrected chi connectivity index (χ4v) is 2.25. The molecule has 1 aliphatic carbocycles. The molecule has 0 saturated carbocycles. The molecule has 6 nitrogen and oxygen atoms in total. The van der Waals surface area contributed by atoms with E-state index in [0.29, 0.717) is 25.1 Å². The number of fused-ring (bicyclic) bond motifs is 1. The minimum atomic E-state index is -0.808. The molecule has 2 rings (SSSR count). The van der Waals surface area contributed by atoms with Gasteiger partial charge in [0.25, 0.3) is 5.91 Å². The maximum absolute atomic E-state index is 11.9. The van der Waals surface area contributed by atoms with Gasteiger partial charge >= 0.3 is 5.97 Å². The van der Waals surface area contributed by atoms with Gasteiger partial charge in [-0.15, -0.1) is 0 Å². The van der Waals surface area contributed by atoms with Crippen LogP contribution in [0, 0.1) is 0 Å². The molecule has 0 saturated heterocycles. The molecule has 6 heteroatoms. The molecule has 0 bridgehead atoms. The average molecular weight is 266 g/mol. The summed E-state index contributed by atoms with van der Waals surface area (Å²) in [4.78, 5) is 22.3. The highest BCUT2D eigenvalue weighted by Gasteiger charge is 2.23. The molecule has 0 aromatic carbocycles. The summed E-state index contributed by atoms with van der Waals surface area (Å²) in [6.45, 7) is 0.466. The highest BCUT2D eigenvalue weighted by molar-refractivity contribution is 5.93. The number of aliphatic carboxylic acids is 1. The Labute approximate surface area is 111 Å². The lowest BCUT2D eigenvalue weighted by molar-refractivity contribution is -0.137. The SMILES string of the molecule is O=C(O)CCCCNC(=O)c1noc2c1CCCC2. The van der Waals surface area contributed by atoms with Crippen LogP contribution in [0.15, 0.2) is 4.52 Å². The standard InChI is InChI=1S/C13H18N2O4/c16-11(17)7-3-4-8-14-13(18)12-9-5-1-2-6-10(9)19-15-12/h1-8H2,(H,14,18)(H,16,17). The van der Waals surface area contributed by atoms with Crippen LogP contribution in [0.25, 0.3) is 0 Å². The number of carbonyl (C=O) groups excluding carboxylic acids is 1. The minimum absolute atomic E-state index is 0.134. The van der Waals surface area contributed by atoms with Gasteiger partial charge in [0.15, 0.2) is 5.69 Å². The molecule has 1 aromatic rings. The molecule has 0 spiro atoms. The number of carboxylic acids is 1. The fraction of sp³-hybridized carbons (Fsp3) is 0.615. The first-order chi connectivity index (χ1) is 9.18. The van der Waals surface area contributed by atoms with Gasteiger partial charge in [-0.3, -0.25) is 9.59 Å². The first-order valence-corrected chi connectivity index (χ1v) is 6.66. The van der Waals surface area contributed by atoms with Crippen LogP contribution in [0.3, 0.4) is 0 Å². The summed E-state index contributed by atoms with van der Waals surface area (Å²) in [6.07, 6.45) is 5.19. The van der Waals surface area contributed by atoms with Gasteiger partial charge in [-0.05, 0) is 32.1 Å². The van der Waals surface area contributed by atoms with Crippen LogP contribution >= 0.6 is 0 Å². The van der Waals surface area contributed by atoms with Crippen molar-refractivity contribution in [1.82, 2.24) is 10.5 Å². The highest BCUT2D eigenvalue weighted by atomic mass is 16.5. The zero-order valence-corrected chi connectivity index (χ0v) is 10.8. The van der Waals surface area contributed by atoms with Gasteiger partial charge < -0.3 is 14.9 Å². The summed E-state index contributed by atoms with van der Waals surface area (Å²) in [5.41, 5.74) is 1.34. The lowest BCUT2D eigenvalue weighted by atomic mass is 9.96. The maximum atomic E-state index is 11.9. The van der Waals surface area contributed by atoms with Crippen molar-refractivity contribution < 1.29 is 19.2 Å². The van der Waals surface area contributed by atoms with Gasteiger partial charge in [0.1, 0.15) is 5.76 Å². The molecule has 19 heavy (non-hydrogen) atoms. The van der Waals surface area contributed by atoms with E-state index in [4.69, 9.17) is 9.63 Å². The van der Waals surface area contributed by atoms with E-state index in [0.717, 1.165) is 37.0 Å². The van der Waals surface area contributed by atoms with Gasteiger partial charge in [-0.1, -0.05) is 5.16 Å². The Morgan fingerprint density at radius 2 is 2.05 bits per heavy atom. The molecule has 0 atom stereocenters. The number of hydrogen-bond donors (Lipinski definition) is 2. The smallest absolute Gasteiger partial charge is 0.303 e. The molecule has 0 radical (unpaired) electrons. The van der Waals surface area contributed by atoms with Crippen LogP contribution in [0.1, 0.15) is 53.9 Å². The quantitative estimate of drug-likeness (QED) is 0.762. The van der Waals surface area contributed by atoms with E-state index in [9.17, 15) is 9.59 Å². The lowest BCUT2D eigenvalue weighted by Gasteiger charge is -2.09. The van der Waals surface area contributed by atoms with Crippen LogP contribution < -0.4 is 5.32 Å². The van der Waals surface area contributed by atoms with Gasteiger partial charge in [-0.2, -0.15) is 0 Å². The second-order valence-electron chi connectivity index (χ2n) is 4.75. The number of carbonyl (C=O) groups is 2. The molecule has 1 heterocycles. The topological polar surface area (TPSA) is 92.4 Å². The number of aryl methyl sites for hydroxylation is 1. The van der Waals surface area contributed by atoms with Crippen LogP contribution in [0.5, 0.6) is 0 Å². The van der Waals surface area contributed by atoms with Crippen LogP contribution in [0.2, 0.25) is 0 Å². The Hall–Kier alpha value is -1.85. The van der Waals surface area contributed by atoms with Crippen molar-refractivity contribution in [1.29, 1.82) is 0 Å². The van der Waals surface area contributed by atoms with Gasteiger partial charge in [0.05, 0.1) is 0 Å². The van der Waals surface area contributed by atoms with E-state index in [1.165, 1.54) is 0 Å². The van der Waals surface area contributed by atoms with Crippen molar-refractivity contribution in [3.63, 3.8) is 0 Å². The molecule has 0 aliphatic heterocycles. The summed E-state index contributed by atoms with van der Waals surface area (Å²) >= 11 is 0. The van der Waals surface area contributed by atoms with Crippen molar-refractivity contribution >= 4 is 11.9 Å². The van der Waals surface area contributed by atoms with E-state index < -0.39 is 5.97 Å². The van der Waals surface area contributed by atoms with Gasteiger partial charge in [-0.25, -0.2) is 0 Å². The van der Waals surface area contributed by atoms with Crippen molar-refractivity contribution in [2.45, 2.75) is 44.9 Å². The molecular weight excluding hydrogens is 248 g/mol. The number of carboxylic acid groups (broad SMARTS) is 1. The number of rotatable bonds is 6. The predicted molar refractivity (Wildman–Crippen MR) is 67.0 cm³/mol. The zero-order chi connectivity index (χ0) is 13.7. The Morgan fingerprint density at radius 1 is 1.26 bits per heavy atom. The number of nitrogens with zero attached hydrogens (tertiary/aromatic N) is 1. The van der Waals surface area contributed by atoms with Gasteiger partial charge in [0.2, 0.25) is 0 Å². The molecule has 1 aromatic heterocycles. The second-order valence-corrected chi connectivity index (χ2v) is 4.75. The third kappa shape index (κ3) is 3.56. The average Bonchev–Trinajstić information content (AvgIpc) is 2.81. The third-order valence-corrected chi connectivity index (χ3v) is 3.27. The number of amides is 1. The fourth-order valence-electron chi connectivity index (χ4n) is 2.25. The number of hydrogen-bond acceptors (Lipinski definition) is 4. The van der Waals surface area contributed by atoms with E-state index in [2.05, 4.69) is 10.5 Å². The van der Waals surface area contributed by atoms with Crippen LogP contribution in [-0.4, -0.2) is 28.7 Å². The lowest BCUT2D eigenvalue weighted by Crippen LogP contribution is -2.26. The molecule has 0 fully saturated rings. The van der Waals surface area contributed by atoms with Crippen molar-refractivity contribution in [3.05, 3.63) is 17.0 Å². The normalized spacial score (nSPS) is 13.9. The van der Waals surface area contributed by atoms with Crippen molar-refractivity contribution in [3.8, 4) is 0 Å². The summed E-state index contributed by atoms with van der Waals surface area (Å²) in [7, 11) is 0.